The number of benzene rings is 2. The number of nitrogens with zero attached hydrogens (tertiary/aromatic N) is 2. The van der Waals surface area contributed by atoms with Crippen LogP contribution >= 0.6 is 15.9 Å². The molecule has 0 unspecified atom stereocenters. The van der Waals surface area contributed by atoms with E-state index < -0.39 is 10.0 Å². The number of sulfonamides is 1. The maximum Gasteiger partial charge on any atom is 0.243 e. The number of halogens is 1. The number of amides is 1. The third-order valence-electron chi connectivity index (χ3n) is 5.06. The molecule has 1 aliphatic rings. The highest BCUT2D eigenvalue weighted by molar-refractivity contribution is 9.10. The van der Waals surface area contributed by atoms with Crippen molar-refractivity contribution in [1.29, 1.82) is 0 Å². The zero-order valence-electron chi connectivity index (χ0n) is 16.2. The molecule has 0 aromatic heterocycles. The Morgan fingerprint density at radius 3 is 2.39 bits per heavy atom. The molecule has 28 heavy (non-hydrogen) atoms. The summed E-state index contributed by atoms with van der Waals surface area (Å²) in [5.74, 6) is 0.0727. The van der Waals surface area contributed by atoms with E-state index in [1.165, 1.54) is 4.31 Å². The molecule has 1 saturated heterocycles. The molecule has 0 saturated carbocycles. The first-order valence-corrected chi connectivity index (χ1v) is 11.6. The first-order chi connectivity index (χ1) is 13.3. The van der Waals surface area contributed by atoms with Crippen LogP contribution in [0.4, 0.5) is 0 Å². The van der Waals surface area contributed by atoms with Gasteiger partial charge in [0.1, 0.15) is 0 Å². The van der Waals surface area contributed by atoms with Crippen molar-refractivity contribution in [1.82, 2.24) is 9.21 Å². The first kappa shape index (κ1) is 21.0. The van der Waals surface area contributed by atoms with Crippen LogP contribution in [0.1, 0.15) is 23.1 Å². The van der Waals surface area contributed by atoms with Gasteiger partial charge >= 0.3 is 0 Å². The average Bonchev–Trinajstić information content (AvgIpc) is 2.66. The van der Waals surface area contributed by atoms with Gasteiger partial charge in [0, 0.05) is 37.1 Å². The van der Waals surface area contributed by atoms with Gasteiger partial charge in [0.2, 0.25) is 15.9 Å². The number of carbonyl (C=O) groups excluding carboxylic acids is 1. The minimum atomic E-state index is -3.53. The summed E-state index contributed by atoms with van der Waals surface area (Å²) >= 11 is 3.44. The molecule has 0 atom stereocenters. The van der Waals surface area contributed by atoms with E-state index >= 15 is 0 Å². The number of rotatable bonds is 5. The molecule has 1 fully saturated rings. The van der Waals surface area contributed by atoms with E-state index in [9.17, 15) is 13.2 Å². The molecule has 2 aromatic rings. The number of piperazine rings is 1. The number of hydrogen-bond donors (Lipinski definition) is 0. The minimum absolute atomic E-state index is 0.0727. The normalized spacial score (nSPS) is 15.6. The molecule has 1 amide bonds. The Kier molecular flexibility index (Phi) is 6.58. The number of carbonyl (C=O) groups is 1. The highest BCUT2D eigenvalue weighted by Crippen LogP contribution is 2.22. The van der Waals surface area contributed by atoms with Crippen LogP contribution in [-0.2, 0) is 21.2 Å². The predicted molar refractivity (Wildman–Crippen MR) is 114 cm³/mol. The minimum Gasteiger partial charge on any atom is -0.340 e. The van der Waals surface area contributed by atoms with Crippen molar-refractivity contribution >= 4 is 31.9 Å². The fourth-order valence-corrected chi connectivity index (χ4v) is 5.58. The van der Waals surface area contributed by atoms with E-state index in [-0.39, 0.29) is 5.91 Å². The second-order valence-corrected chi connectivity index (χ2v) is 10.0. The van der Waals surface area contributed by atoms with Crippen molar-refractivity contribution in [2.24, 2.45) is 0 Å². The van der Waals surface area contributed by atoms with Gasteiger partial charge in [-0.2, -0.15) is 4.31 Å². The summed E-state index contributed by atoms with van der Waals surface area (Å²) in [6, 6.07) is 13.3. The molecule has 150 valence electrons. The second kappa shape index (κ2) is 8.76. The molecule has 7 heteroatoms. The lowest BCUT2D eigenvalue weighted by molar-refractivity contribution is -0.132. The summed E-state index contributed by atoms with van der Waals surface area (Å²) in [5, 5.41) is 0. The van der Waals surface area contributed by atoms with Crippen molar-refractivity contribution in [3.63, 3.8) is 0 Å². The van der Waals surface area contributed by atoms with Gasteiger partial charge in [-0.15, -0.1) is 0 Å². The van der Waals surface area contributed by atoms with Crippen LogP contribution in [0.15, 0.2) is 51.8 Å². The Hall–Kier alpha value is -1.70. The average molecular weight is 465 g/mol. The van der Waals surface area contributed by atoms with E-state index in [4.69, 9.17) is 0 Å². The molecule has 0 bridgehead atoms. The highest BCUT2D eigenvalue weighted by Gasteiger charge is 2.30. The van der Waals surface area contributed by atoms with Crippen molar-refractivity contribution in [3.05, 3.63) is 63.6 Å². The van der Waals surface area contributed by atoms with Crippen LogP contribution in [0.25, 0.3) is 0 Å². The molecule has 0 spiro atoms. The fraction of sp³-hybridized carbons (Fsp3) is 0.381. The maximum absolute atomic E-state index is 13.0. The lowest BCUT2D eigenvalue weighted by Gasteiger charge is -2.34. The largest absolute Gasteiger partial charge is 0.340 e. The smallest absolute Gasteiger partial charge is 0.243 e. The Bertz CT molecular complexity index is 967. The van der Waals surface area contributed by atoms with Gasteiger partial charge in [-0.1, -0.05) is 45.8 Å². The molecular weight excluding hydrogens is 440 g/mol. The summed E-state index contributed by atoms with van der Waals surface area (Å²) in [6.07, 6.45) is 1.11. The topological polar surface area (TPSA) is 57.7 Å². The predicted octanol–water partition coefficient (Wildman–Crippen LogP) is 3.53. The number of hydrogen-bond acceptors (Lipinski definition) is 3. The van der Waals surface area contributed by atoms with Crippen molar-refractivity contribution in [2.75, 3.05) is 26.2 Å². The second-order valence-electron chi connectivity index (χ2n) is 7.18. The summed E-state index contributed by atoms with van der Waals surface area (Å²) in [5.41, 5.74) is 2.91. The van der Waals surface area contributed by atoms with E-state index in [0.717, 1.165) is 21.2 Å². The van der Waals surface area contributed by atoms with Gasteiger partial charge < -0.3 is 4.90 Å². The van der Waals surface area contributed by atoms with Gasteiger partial charge in [-0.05, 0) is 49.6 Å². The van der Waals surface area contributed by atoms with Crippen LogP contribution in [-0.4, -0.2) is 49.7 Å². The molecule has 0 aliphatic carbocycles. The fourth-order valence-electron chi connectivity index (χ4n) is 3.51. The van der Waals surface area contributed by atoms with Crippen LogP contribution in [0.2, 0.25) is 0 Å². The van der Waals surface area contributed by atoms with E-state index in [2.05, 4.69) is 15.9 Å². The third-order valence-corrected chi connectivity index (χ3v) is 7.61. The summed E-state index contributed by atoms with van der Waals surface area (Å²) in [6.45, 7) is 5.29. The molecule has 0 radical (unpaired) electrons. The van der Waals surface area contributed by atoms with Crippen molar-refractivity contribution in [3.8, 4) is 0 Å². The molecule has 0 N–H and O–H groups in total. The van der Waals surface area contributed by atoms with Gasteiger partial charge in [-0.3, -0.25) is 4.79 Å². The molecular formula is C21H25BrN2O3S. The zero-order chi connectivity index (χ0) is 20.3. The van der Waals surface area contributed by atoms with Crippen LogP contribution in [0.3, 0.4) is 0 Å². The summed E-state index contributed by atoms with van der Waals surface area (Å²) in [7, 11) is -3.53. The SMILES string of the molecule is Cc1ccc(S(=O)(=O)N2CCN(C(=O)CCc3cccc(Br)c3)CC2)c(C)c1. The molecule has 1 aliphatic heterocycles. The van der Waals surface area contributed by atoms with Crippen LogP contribution < -0.4 is 0 Å². The third kappa shape index (κ3) is 4.82. The Morgan fingerprint density at radius 2 is 1.75 bits per heavy atom. The Morgan fingerprint density at radius 1 is 1.04 bits per heavy atom. The van der Waals surface area contributed by atoms with Crippen LogP contribution in [0.5, 0.6) is 0 Å². The zero-order valence-corrected chi connectivity index (χ0v) is 18.6. The van der Waals surface area contributed by atoms with E-state index in [1.807, 2.05) is 50.2 Å². The molecule has 1 heterocycles. The molecule has 5 nitrogen and oxygen atoms in total. The van der Waals surface area contributed by atoms with Gasteiger partial charge in [-0.25, -0.2) is 8.42 Å². The number of aryl methyl sites for hydroxylation is 3. The Balaban J connectivity index is 1.58. The quantitative estimate of drug-likeness (QED) is 0.679. The summed E-state index contributed by atoms with van der Waals surface area (Å²) < 4.78 is 28.4. The maximum atomic E-state index is 13.0. The van der Waals surface area contributed by atoms with Gasteiger partial charge in [0.25, 0.3) is 0 Å². The highest BCUT2D eigenvalue weighted by atomic mass is 79.9. The van der Waals surface area contributed by atoms with Crippen LogP contribution in [0, 0.1) is 13.8 Å². The standard InChI is InChI=1S/C21H25BrN2O3S/c1-16-6-8-20(17(2)14-16)28(26,27)24-12-10-23(11-13-24)21(25)9-7-18-4-3-5-19(22)15-18/h3-6,8,14-15H,7,9-13H2,1-2H3. The lowest BCUT2D eigenvalue weighted by Crippen LogP contribution is -2.50. The van der Waals surface area contributed by atoms with E-state index in [0.29, 0.717) is 43.9 Å². The summed E-state index contributed by atoms with van der Waals surface area (Å²) in [4.78, 5) is 14.6. The molecule has 2 aromatic carbocycles. The van der Waals surface area contributed by atoms with Gasteiger partial charge in [0.05, 0.1) is 4.90 Å². The molecule has 3 rings (SSSR count). The van der Waals surface area contributed by atoms with Crippen molar-refractivity contribution in [2.45, 2.75) is 31.6 Å². The van der Waals surface area contributed by atoms with Crippen molar-refractivity contribution < 1.29 is 13.2 Å². The van der Waals surface area contributed by atoms with E-state index in [1.54, 1.807) is 11.0 Å². The first-order valence-electron chi connectivity index (χ1n) is 9.37. The monoisotopic (exact) mass is 464 g/mol. The Labute approximate surface area is 175 Å². The van der Waals surface area contributed by atoms with Gasteiger partial charge in [0.15, 0.2) is 0 Å². The lowest BCUT2D eigenvalue weighted by atomic mass is 10.1.